The lowest BCUT2D eigenvalue weighted by atomic mass is 10.2. The predicted octanol–water partition coefficient (Wildman–Crippen LogP) is 3.06. The fourth-order valence-corrected chi connectivity index (χ4v) is 1.99. The molecule has 0 N–H and O–H groups in total. The summed E-state index contributed by atoms with van der Waals surface area (Å²) in [6.07, 6.45) is 7.74. The highest BCUT2D eigenvalue weighted by atomic mass is 79.9. The largest absolute Gasteiger partial charge is 0.472 e. The molecule has 2 aromatic heterocycles. The molecule has 0 spiro atoms. The fourth-order valence-electron chi connectivity index (χ4n) is 1.61. The van der Waals surface area contributed by atoms with Crippen LogP contribution in [-0.2, 0) is 0 Å². The van der Waals surface area contributed by atoms with Gasteiger partial charge in [0.05, 0.1) is 6.10 Å². The van der Waals surface area contributed by atoms with Crippen LogP contribution in [0.2, 0.25) is 0 Å². The van der Waals surface area contributed by atoms with Crippen molar-refractivity contribution in [1.82, 2.24) is 14.4 Å². The van der Waals surface area contributed by atoms with Gasteiger partial charge in [0, 0.05) is 18.6 Å². The quantitative estimate of drug-likeness (QED) is 0.866. The van der Waals surface area contributed by atoms with Crippen LogP contribution in [0.5, 0.6) is 5.88 Å². The van der Waals surface area contributed by atoms with E-state index in [-0.39, 0.29) is 6.10 Å². The molecule has 2 aromatic rings. The second-order valence-electron chi connectivity index (χ2n) is 3.74. The Labute approximate surface area is 103 Å². The maximum Gasteiger partial charge on any atom is 0.259 e. The van der Waals surface area contributed by atoms with E-state index in [2.05, 4.69) is 32.8 Å². The Morgan fingerprint density at radius 2 is 2.38 bits per heavy atom. The van der Waals surface area contributed by atoms with Crippen LogP contribution in [0.1, 0.15) is 26.7 Å². The lowest BCUT2D eigenvalue weighted by molar-refractivity contribution is 0.202. The van der Waals surface area contributed by atoms with E-state index in [9.17, 15) is 0 Å². The zero-order valence-electron chi connectivity index (χ0n) is 9.35. The van der Waals surface area contributed by atoms with Crippen LogP contribution in [0.25, 0.3) is 5.65 Å². The number of rotatable bonds is 4. The standard InChI is InChI=1S/C11H14BrN3O/c1-3-4-8(2)16-11-10-13-5-6-15(10)7-9(12)14-11/h5-8H,3-4H2,1-2H3. The molecule has 4 nitrogen and oxygen atoms in total. The van der Waals surface area contributed by atoms with Gasteiger partial charge in [0.25, 0.3) is 5.88 Å². The Balaban J connectivity index is 2.31. The molecule has 86 valence electrons. The van der Waals surface area contributed by atoms with Gasteiger partial charge in [-0.1, -0.05) is 13.3 Å². The summed E-state index contributed by atoms with van der Waals surface area (Å²) >= 11 is 3.36. The van der Waals surface area contributed by atoms with Crippen LogP contribution in [0.3, 0.4) is 0 Å². The monoisotopic (exact) mass is 283 g/mol. The van der Waals surface area contributed by atoms with E-state index in [4.69, 9.17) is 4.74 Å². The van der Waals surface area contributed by atoms with Crippen LogP contribution in [0.4, 0.5) is 0 Å². The highest BCUT2D eigenvalue weighted by Crippen LogP contribution is 2.20. The first-order valence-electron chi connectivity index (χ1n) is 5.36. The first-order chi connectivity index (χ1) is 7.70. The molecule has 0 radical (unpaired) electrons. The van der Waals surface area contributed by atoms with Crippen molar-refractivity contribution < 1.29 is 4.74 Å². The third-order valence-corrected chi connectivity index (χ3v) is 2.70. The van der Waals surface area contributed by atoms with Gasteiger partial charge >= 0.3 is 0 Å². The summed E-state index contributed by atoms with van der Waals surface area (Å²) in [6, 6.07) is 0. The third kappa shape index (κ3) is 2.35. The third-order valence-electron chi connectivity index (χ3n) is 2.32. The molecule has 1 atom stereocenters. The Kier molecular flexibility index (Phi) is 3.43. The molecular formula is C11H14BrN3O. The van der Waals surface area contributed by atoms with Gasteiger partial charge in [-0.3, -0.25) is 4.40 Å². The van der Waals surface area contributed by atoms with E-state index in [1.165, 1.54) is 0 Å². The summed E-state index contributed by atoms with van der Waals surface area (Å²) in [5.74, 6) is 0.584. The number of aromatic nitrogens is 3. The van der Waals surface area contributed by atoms with Gasteiger partial charge in [0.2, 0.25) is 5.65 Å². The van der Waals surface area contributed by atoms with Crippen molar-refractivity contribution in [2.45, 2.75) is 32.8 Å². The molecule has 2 rings (SSSR count). The maximum atomic E-state index is 5.78. The number of imidazole rings is 1. The molecule has 0 saturated heterocycles. The van der Waals surface area contributed by atoms with Crippen molar-refractivity contribution in [3.8, 4) is 5.88 Å². The zero-order valence-corrected chi connectivity index (χ0v) is 10.9. The number of fused-ring (bicyclic) bond motifs is 1. The summed E-state index contributed by atoms with van der Waals surface area (Å²) in [6.45, 7) is 4.19. The van der Waals surface area contributed by atoms with Crippen LogP contribution in [0, 0.1) is 0 Å². The molecule has 0 bridgehead atoms. The zero-order chi connectivity index (χ0) is 11.5. The average Bonchev–Trinajstić information content (AvgIpc) is 2.65. The van der Waals surface area contributed by atoms with E-state index < -0.39 is 0 Å². The molecule has 0 aliphatic carbocycles. The number of halogens is 1. The van der Waals surface area contributed by atoms with E-state index in [0.29, 0.717) is 5.88 Å². The van der Waals surface area contributed by atoms with Crippen molar-refractivity contribution in [3.05, 3.63) is 23.2 Å². The minimum absolute atomic E-state index is 0.160. The van der Waals surface area contributed by atoms with Crippen LogP contribution in [-0.4, -0.2) is 20.5 Å². The molecular weight excluding hydrogens is 270 g/mol. The lowest BCUT2D eigenvalue weighted by Gasteiger charge is -2.13. The van der Waals surface area contributed by atoms with Gasteiger partial charge in [0.15, 0.2) is 0 Å². The van der Waals surface area contributed by atoms with Gasteiger partial charge in [-0.05, 0) is 29.3 Å². The van der Waals surface area contributed by atoms with Gasteiger partial charge < -0.3 is 4.74 Å². The van der Waals surface area contributed by atoms with Gasteiger partial charge in [0.1, 0.15) is 4.60 Å². The first-order valence-corrected chi connectivity index (χ1v) is 6.16. The maximum absolute atomic E-state index is 5.78. The smallest absolute Gasteiger partial charge is 0.259 e. The minimum Gasteiger partial charge on any atom is -0.472 e. The number of hydrogen-bond acceptors (Lipinski definition) is 3. The molecule has 5 heteroatoms. The summed E-state index contributed by atoms with van der Waals surface area (Å²) in [5.41, 5.74) is 0.756. The Bertz CT molecular complexity index is 483. The van der Waals surface area contributed by atoms with E-state index >= 15 is 0 Å². The van der Waals surface area contributed by atoms with Crippen molar-refractivity contribution >= 4 is 21.6 Å². The van der Waals surface area contributed by atoms with Gasteiger partial charge in [-0.15, -0.1) is 0 Å². The first kappa shape index (κ1) is 11.4. The van der Waals surface area contributed by atoms with Crippen molar-refractivity contribution in [3.63, 3.8) is 0 Å². The molecule has 2 heterocycles. The highest BCUT2D eigenvalue weighted by Gasteiger charge is 2.10. The molecule has 0 amide bonds. The summed E-state index contributed by atoms with van der Waals surface area (Å²) in [4.78, 5) is 8.53. The minimum atomic E-state index is 0.160. The van der Waals surface area contributed by atoms with Crippen LogP contribution >= 0.6 is 15.9 Å². The fraction of sp³-hybridized carbons (Fsp3) is 0.455. The predicted molar refractivity (Wildman–Crippen MR) is 65.7 cm³/mol. The second-order valence-corrected chi connectivity index (χ2v) is 4.56. The molecule has 0 aliphatic rings. The van der Waals surface area contributed by atoms with Crippen molar-refractivity contribution in [2.24, 2.45) is 0 Å². The van der Waals surface area contributed by atoms with E-state index in [1.807, 2.05) is 23.7 Å². The molecule has 0 aliphatic heterocycles. The molecule has 1 unspecified atom stereocenters. The van der Waals surface area contributed by atoms with Crippen molar-refractivity contribution in [2.75, 3.05) is 0 Å². The normalized spacial score (nSPS) is 12.9. The van der Waals surface area contributed by atoms with Crippen LogP contribution in [0.15, 0.2) is 23.2 Å². The molecule has 0 saturated carbocycles. The van der Waals surface area contributed by atoms with E-state index in [0.717, 1.165) is 23.1 Å². The summed E-state index contributed by atoms with van der Waals surface area (Å²) in [7, 11) is 0. The van der Waals surface area contributed by atoms with E-state index in [1.54, 1.807) is 6.20 Å². The van der Waals surface area contributed by atoms with Crippen molar-refractivity contribution in [1.29, 1.82) is 0 Å². The molecule has 0 fully saturated rings. The Morgan fingerprint density at radius 1 is 1.56 bits per heavy atom. The Hall–Kier alpha value is -1.10. The van der Waals surface area contributed by atoms with Gasteiger partial charge in [-0.2, -0.15) is 0 Å². The SMILES string of the molecule is CCCC(C)Oc1nc(Br)cn2ccnc12. The van der Waals surface area contributed by atoms with Crippen LogP contribution < -0.4 is 4.74 Å². The second kappa shape index (κ2) is 4.82. The summed E-state index contributed by atoms with van der Waals surface area (Å²) < 4.78 is 8.42. The lowest BCUT2D eigenvalue weighted by Crippen LogP contribution is -2.13. The average molecular weight is 284 g/mol. The van der Waals surface area contributed by atoms with Gasteiger partial charge in [-0.25, -0.2) is 9.97 Å². The highest BCUT2D eigenvalue weighted by molar-refractivity contribution is 9.10. The number of ether oxygens (including phenoxy) is 1. The Morgan fingerprint density at radius 3 is 3.12 bits per heavy atom. The molecule has 16 heavy (non-hydrogen) atoms. The number of hydrogen-bond donors (Lipinski definition) is 0. The number of nitrogens with zero attached hydrogens (tertiary/aromatic N) is 3. The summed E-state index contributed by atoms with van der Waals surface area (Å²) in [5, 5.41) is 0. The molecule has 0 aromatic carbocycles. The topological polar surface area (TPSA) is 39.4 Å².